The molecule has 0 aromatic heterocycles. The number of rotatable bonds is 3. The summed E-state index contributed by atoms with van der Waals surface area (Å²) in [6.07, 6.45) is 2.40. The molecule has 1 saturated heterocycles. The Morgan fingerprint density at radius 1 is 1.31 bits per heavy atom. The molecule has 0 unspecified atom stereocenters. The monoisotopic (exact) mass is 359 g/mol. The number of benzene rings is 1. The van der Waals surface area contributed by atoms with Crippen molar-refractivity contribution in [2.75, 3.05) is 32.5 Å². The van der Waals surface area contributed by atoms with Gasteiger partial charge in [0.1, 0.15) is 0 Å². The first kappa shape index (κ1) is 18.2. The molecule has 1 heterocycles. The fourth-order valence-corrected chi connectivity index (χ4v) is 4.22. The minimum Gasteiger partial charge on any atom is -0.481 e. The highest BCUT2D eigenvalue weighted by molar-refractivity contribution is 5.97. The number of nitrogens with zero attached hydrogens (tertiary/aromatic N) is 2. The number of amides is 3. The van der Waals surface area contributed by atoms with Crippen LogP contribution in [-0.2, 0) is 4.79 Å². The first-order valence-corrected chi connectivity index (χ1v) is 8.86. The lowest BCUT2D eigenvalue weighted by Gasteiger charge is -2.23. The van der Waals surface area contributed by atoms with Gasteiger partial charge in [-0.25, -0.2) is 4.79 Å². The number of aliphatic carboxylic acids is 1. The normalized spacial score (nSPS) is 24.3. The van der Waals surface area contributed by atoms with Crippen LogP contribution in [0.4, 0.5) is 10.5 Å². The quantitative estimate of drug-likeness (QED) is 0.867. The summed E-state index contributed by atoms with van der Waals surface area (Å²) < 4.78 is 0. The molecule has 2 N–H and O–H groups in total. The zero-order valence-electron chi connectivity index (χ0n) is 15.4. The van der Waals surface area contributed by atoms with Gasteiger partial charge in [-0.3, -0.25) is 9.59 Å². The van der Waals surface area contributed by atoms with Gasteiger partial charge < -0.3 is 20.2 Å². The fraction of sp³-hybridized carbons (Fsp3) is 0.526. The molecule has 1 aliphatic heterocycles. The lowest BCUT2D eigenvalue weighted by atomic mass is 9.81. The molecule has 3 amide bonds. The van der Waals surface area contributed by atoms with Crippen LogP contribution in [0, 0.1) is 18.3 Å². The number of nitrogens with one attached hydrogen (secondary N) is 1. The number of carbonyl (C=O) groups is 3. The number of urea groups is 1. The number of aryl methyl sites for hydroxylation is 1. The molecule has 7 nitrogen and oxygen atoms in total. The maximum absolute atomic E-state index is 12.6. The van der Waals surface area contributed by atoms with Crippen molar-refractivity contribution < 1.29 is 19.5 Å². The van der Waals surface area contributed by atoms with Crippen molar-refractivity contribution in [3.63, 3.8) is 0 Å². The number of carbonyl (C=O) groups excluding carboxylic acids is 2. The van der Waals surface area contributed by atoms with Crippen LogP contribution in [0.15, 0.2) is 18.2 Å². The number of carboxylic acids is 1. The van der Waals surface area contributed by atoms with Crippen LogP contribution < -0.4 is 5.32 Å². The molecule has 26 heavy (non-hydrogen) atoms. The molecule has 140 valence electrons. The van der Waals surface area contributed by atoms with Crippen molar-refractivity contribution in [1.82, 2.24) is 9.80 Å². The van der Waals surface area contributed by atoms with Gasteiger partial charge >= 0.3 is 12.0 Å². The minimum absolute atomic E-state index is 0.0348. The largest absolute Gasteiger partial charge is 0.481 e. The SMILES string of the molecule is Cc1cc(NC(=O)N2C[C@@H]3CCC[C@@]3(C(=O)O)C2)ccc1C(=O)N(C)C. The van der Waals surface area contributed by atoms with Gasteiger partial charge in [0.15, 0.2) is 0 Å². The molecule has 1 aromatic carbocycles. The van der Waals surface area contributed by atoms with Crippen molar-refractivity contribution in [2.45, 2.75) is 26.2 Å². The molecule has 2 fully saturated rings. The van der Waals surface area contributed by atoms with E-state index in [0.29, 0.717) is 24.2 Å². The molecule has 1 saturated carbocycles. The third-order valence-corrected chi connectivity index (χ3v) is 5.70. The molecular weight excluding hydrogens is 334 g/mol. The fourth-order valence-electron chi connectivity index (χ4n) is 4.22. The van der Waals surface area contributed by atoms with Crippen LogP contribution in [0.5, 0.6) is 0 Å². The number of hydrogen-bond acceptors (Lipinski definition) is 3. The summed E-state index contributed by atoms with van der Waals surface area (Å²) in [7, 11) is 3.39. The molecule has 2 aliphatic rings. The van der Waals surface area contributed by atoms with Crippen LogP contribution in [0.1, 0.15) is 35.2 Å². The van der Waals surface area contributed by atoms with Gasteiger partial charge in [-0.15, -0.1) is 0 Å². The molecule has 0 spiro atoms. The lowest BCUT2D eigenvalue weighted by molar-refractivity contribution is -0.149. The van der Waals surface area contributed by atoms with Crippen molar-refractivity contribution >= 4 is 23.6 Å². The van der Waals surface area contributed by atoms with E-state index in [0.717, 1.165) is 18.4 Å². The summed E-state index contributed by atoms with van der Waals surface area (Å²) in [5.41, 5.74) is 1.19. The van der Waals surface area contributed by atoms with E-state index in [-0.39, 0.29) is 24.4 Å². The minimum atomic E-state index is -0.794. The summed E-state index contributed by atoms with van der Waals surface area (Å²) in [6, 6.07) is 4.88. The van der Waals surface area contributed by atoms with Gasteiger partial charge in [-0.2, -0.15) is 0 Å². The van der Waals surface area contributed by atoms with Crippen molar-refractivity contribution in [1.29, 1.82) is 0 Å². The van der Waals surface area contributed by atoms with Crippen molar-refractivity contribution in [3.8, 4) is 0 Å². The first-order valence-electron chi connectivity index (χ1n) is 8.86. The third kappa shape index (κ3) is 3.02. The smallest absolute Gasteiger partial charge is 0.321 e. The third-order valence-electron chi connectivity index (χ3n) is 5.70. The predicted molar refractivity (Wildman–Crippen MR) is 97.2 cm³/mol. The zero-order valence-corrected chi connectivity index (χ0v) is 15.4. The highest BCUT2D eigenvalue weighted by Crippen LogP contribution is 2.48. The lowest BCUT2D eigenvalue weighted by Crippen LogP contribution is -2.38. The van der Waals surface area contributed by atoms with Crippen LogP contribution in [-0.4, -0.2) is 60.0 Å². The standard InChI is InChI=1S/C19H25N3O4/c1-12-9-14(6-7-15(12)16(23)21(2)3)20-18(26)22-10-13-5-4-8-19(13,11-22)17(24)25/h6-7,9,13H,4-5,8,10-11H2,1-3H3,(H,20,26)(H,24,25)/t13-,19+/m0/s1. The van der Waals surface area contributed by atoms with Crippen molar-refractivity contribution in [2.24, 2.45) is 11.3 Å². The molecule has 7 heteroatoms. The van der Waals surface area contributed by atoms with Crippen LogP contribution in [0.2, 0.25) is 0 Å². The summed E-state index contributed by atoms with van der Waals surface area (Å²) >= 11 is 0. The Morgan fingerprint density at radius 2 is 2.04 bits per heavy atom. The van der Waals surface area contributed by atoms with E-state index in [1.807, 2.05) is 6.92 Å². The van der Waals surface area contributed by atoms with E-state index < -0.39 is 11.4 Å². The second kappa shape index (κ2) is 6.63. The number of fused-ring (bicyclic) bond motifs is 1. The predicted octanol–water partition coefficient (Wildman–Crippen LogP) is 2.42. The van der Waals surface area contributed by atoms with Gasteiger partial charge in [0.25, 0.3) is 5.91 Å². The molecule has 0 radical (unpaired) electrons. The van der Waals surface area contributed by atoms with Gasteiger partial charge in [0.05, 0.1) is 5.41 Å². The van der Waals surface area contributed by atoms with Gasteiger partial charge in [-0.05, 0) is 49.4 Å². The number of anilines is 1. The van der Waals surface area contributed by atoms with Gasteiger partial charge in [0, 0.05) is 38.4 Å². The van der Waals surface area contributed by atoms with E-state index >= 15 is 0 Å². The number of carboxylic acid groups (broad SMARTS) is 1. The molecule has 3 rings (SSSR count). The maximum atomic E-state index is 12.6. The Balaban J connectivity index is 1.70. The van der Waals surface area contributed by atoms with Crippen LogP contribution in [0.25, 0.3) is 0 Å². The number of hydrogen-bond donors (Lipinski definition) is 2. The Labute approximate surface area is 153 Å². The Hall–Kier alpha value is -2.57. The Kier molecular flexibility index (Phi) is 4.64. The average Bonchev–Trinajstić information content (AvgIpc) is 3.12. The van der Waals surface area contributed by atoms with Gasteiger partial charge in [-0.1, -0.05) is 6.42 Å². The summed E-state index contributed by atoms with van der Waals surface area (Å²) in [4.78, 5) is 39.5. The van der Waals surface area contributed by atoms with Crippen molar-refractivity contribution in [3.05, 3.63) is 29.3 Å². The zero-order chi connectivity index (χ0) is 19.1. The second-order valence-corrected chi connectivity index (χ2v) is 7.59. The first-order chi connectivity index (χ1) is 12.2. The average molecular weight is 359 g/mol. The molecular formula is C19H25N3O4. The Morgan fingerprint density at radius 3 is 2.62 bits per heavy atom. The molecule has 2 atom stereocenters. The van der Waals surface area contributed by atoms with Crippen LogP contribution >= 0.6 is 0 Å². The van der Waals surface area contributed by atoms with Gasteiger partial charge in [0.2, 0.25) is 0 Å². The van der Waals surface area contributed by atoms with E-state index in [1.54, 1.807) is 37.2 Å². The van der Waals surface area contributed by atoms with E-state index in [9.17, 15) is 19.5 Å². The van der Waals surface area contributed by atoms with E-state index in [4.69, 9.17) is 0 Å². The van der Waals surface area contributed by atoms with E-state index in [2.05, 4.69) is 5.32 Å². The topological polar surface area (TPSA) is 90.0 Å². The second-order valence-electron chi connectivity index (χ2n) is 7.59. The highest BCUT2D eigenvalue weighted by atomic mass is 16.4. The summed E-state index contributed by atoms with van der Waals surface area (Å²) in [5.74, 6) is -0.846. The van der Waals surface area contributed by atoms with E-state index in [1.165, 1.54) is 4.90 Å². The highest BCUT2D eigenvalue weighted by Gasteiger charge is 2.55. The van der Waals surface area contributed by atoms with Crippen LogP contribution in [0.3, 0.4) is 0 Å². The summed E-state index contributed by atoms with van der Waals surface area (Å²) in [6.45, 7) is 2.56. The molecule has 0 bridgehead atoms. The number of likely N-dealkylation sites (tertiary alicyclic amines) is 1. The summed E-state index contributed by atoms with van der Waals surface area (Å²) in [5, 5.41) is 12.5. The Bertz CT molecular complexity index is 761. The molecule has 1 aromatic rings. The molecule has 1 aliphatic carbocycles. The maximum Gasteiger partial charge on any atom is 0.321 e.